The molecule has 8 heteroatoms. The molecule has 0 aliphatic carbocycles. The monoisotopic (exact) mass is 399 g/mol. The molecule has 1 N–H and O–H groups in total. The highest BCUT2D eigenvalue weighted by molar-refractivity contribution is 7.14. The van der Waals surface area contributed by atoms with Crippen molar-refractivity contribution in [3.8, 4) is 11.3 Å². The molecule has 3 rings (SSSR count). The first kappa shape index (κ1) is 18.5. The quantitative estimate of drug-likeness (QED) is 0.783. The molecular weight excluding hydrogens is 381 g/mol. The highest BCUT2D eigenvalue weighted by Crippen LogP contribution is 2.30. The fourth-order valence-corrected chi connectivity index (χ4v) is 3.79. The lowest BCUT2D eigenvalue weighted by Crippen LogP contribution is -2.45. The van der Waals surface area contributed by atoms with E-state index in [-0.39, 0.29) is 12.2 Å². The number of hydrogen-bond donors (Lipinski definition) is 1. The van der Waals surface area contributed by atoms with Gasteiger partial charge in [-0.3, -0.25) is 4.79 Å². The van der Waals surface area contributed by atoms with Crippen LogP contribution in [0.25, 0.3) is 11.3 Å². The van der Waals surface area contributed by atoms with Gasteiger partial charge in [0.1, 0.15) is 0 Å². The van der Waals surface area contributed by atoms with Gasteiger partial charge in [0.2, 0.25) is 0 Å². The van der Waals surface area contributed by atoms with E-state index >= 15 is 0 Å². The van der Waals surface area contributed by atoms with Crippen LogP contribution < -0.4 is 10.2 Å². The van der Waals surface area contributed by atoms with Crippen molar-refractivity contribution < 1.29 is 9.53 Å². The van der Waals surface area contributed by atoms with Gasteiger partial charge in [0.05, 0.1) is 17.9 Å². The Bertz CT molecular complexity index is 743. The second-order valence-corrected chi connectivity index (χ2v) is 7.98. The largest absolute Gasteiger partial charge is 0.372 e. The van der Waals surface area contributed by atoms with E-state index in [1.807, 2.05) is 23.6 Å². The van der Waals surface area contributed by atoms with Crippen molar-refractivity contribution >= 4 is 51.3 Å². The fraction of sp³-hybridized carbons (Fsp3) is 0.412. The molecule has 0 bridgehead atoms. The van der Waals surface area contributed by atoms with Crippen molar-refractivity contribution in [2.24, 2.45) is 0 Å². The number of nitrogens with one attached hydrogen (secondary N) is 1. The van der Waals surface area contributed by atoms with Gasteiger partial charge >= 0.3 is 0 Å². The van der Waals surface area contributed by atoms with Gasteiger partial charge in [0.25, 0.3) is 5.91 Å². The molecule has 25 heavy (non-hydrogen) atoms. The summed E-state index contributed by atoms with van der Waals surface area (Å²) in [5.41, 5.74) is 2.43. The van der Waals surface area contributed by atoms with Crippen molar-refractivity contribution in [2.45, 2.75) is 30.9 Å². The minimum Gasteiger partial charge on any atom is -0.372 e. The van der Waals surface area contributed by atoms with E-state index in [1.165, 1.54) is 0 Å². The lowest BCUT2D eigenvalue weighted by Gasteiger charge is -2.35. The molecule has 1 aromatic carbocycles. The van der Waals surface area contributed by atoms with Crippen molar-refractivity contribution in [1.29, 1.82) is 0 Å². The Hall–Kier alpha value is -1.34. The lowest BCUT2D eigenvalue weighted by atomic mass is 10.1. The van der Waals surface area contributed by atoms with Gasteiger partial charge in [0.15, 0.2) is 9.97 Å². The van der Waals surface area contributed by atoms with Crippen LogP contribution in [0.4, 0.5) is 10.8 Å². The van der Waals surface area contributed by atoms with E-state index in [1.54, 1.807) is 17.4 Å². The number of halogens is 2. The summed E-state index contributed by atoms with van der Waals surface area (Å²) in [6.07, 6.45) is 0.377. The summed E-state index contributed by atoms with van der Waals surface area (Å²) in [6.45, 7) is 5.81. The van der Waals surface area contributed by atoms with E-state index in [0.29, 0.717) is 5.69 Å². The molecule has 1 fully saturated rings. The molecule has 1 aliphatic heterocycles. The highest BCUT2D eigenvalue weighted by atomic mass is 35.5. The van der Waals surface area contributed by atoms with Crippen LogP contribution in [0.15, 0.2) is 29.6 Å². The first-order valence-electron chi connectivity index (χ1n) is 7.97. The minimum absolute atomic E-state index is 0.189. The first-order chi connectivity index (χ1) is 11.9. The number of anilines is 2. The Morgan fingerprint density at radius 2 is 2.08 bits per heavy atom. The summed E-state index contributed by atoms with van der Waals surface area (Å²) in [5, 5.41) is 5.68. The molecule has 1 saturated heterocycles. The number of carbonyl (C=O) groups excluding carboxylic acids is 1. The number of ether oxygens (including phenoxy) is 1. The molecule has 5 nitrogen and oxygen atoms in total. The summed E-state index contributed by atoms with van der Waals surface area (Å²) < 4.78 is 5.77. The van der Waals surface area contributed by atoms with Crippen LogP contribution >= 0.6 is 34.5 Å². The smallest absolute Gasteiger partial charge is 0.257 e. The van der Waals surface area contributed by atoms with Crippen LogP contribution in [0.5, 0.6) is 0 Å². The number of morpholine rings is 1. The lowest BCUT2D eigenvalue weighted by molar-refractivity contribution is -0.114. The van der Waals surface area contributed by atoms with E-state index in [2.05, 4.69) is 24.1 Å². The first-order valence-corrected chi connectivity index (χ1v) is 9.73. The van der Waals surface area contributed by atoms with Gasteiger partial charge in [-0.05, 0) is 26.0 Å². The molecule has 0 saturated carbocycles. The molecule has 2 atom stereocenters. The SMILES string of the molecule is CC1CN(c2nc(-c3cccc(NC(=O)C(Cl)Cl)c3)cs2)CC(C)O1. The Morgan fingerprint density at radius 3 is 2.76 bits per heavy atom. The fourth-order valence-electron chi connectivity index (χ4n) is 2.83. The van der Waals surface area contributed by atoms with Crippen molar-refractivity contribution in [1.82, 2.24) is 4.98 Å². The number of alkyl halides is 2. The van der Waals surface area contributed by atoms with E-state index in [9.17, 15) is 4.79 Å². The number of nitrogens with zero attached hydrogens (tertiary/aromatic N) is 2. The molecule has 1 aromatic heterocycles. The summed E-state index contributed by atoms with van der Waals surface area (Å²) in [7, 11) is 0. The normalized spacial score (nSPS) is 20.8. The Labute approximate surface area is 160 Å². The van der Waals surface area contributed by atoms with Gasteiger partial charge in [-0.15, -0.1) is 11.3 Å². The van der Waals surface area contributed by atoms with Crippen LogP contribution in [0.1, 0.15) is 13.8 Å². The molecule has 1 amide bonds. The average Bonchev–Trinajstić information content (AvgIpc) is 3.04. The number of carbonyl (C=O) groups is 1. The molecular formula is C17H19Cl2N3O2S. The third kappa shape index (κ3) is 4.64. The number of benzene rings is 1. The van der Waals surface area contributed by atoms with Crippen LogP contribution in [-0.4, -0.2) is 41.0 Å². The standard InChI is InChI=1S/C17H19Cl2N3O2S/c1-10-7-22(8-11(2)24-10)17-21-14(9-25-17)12-4-3-5-13(6-12)20-16(23)15(18)19/h3-6,9-11,15H,7-8H2,1-2H3,(H,20,23). The maximum absolute atomic E-state index is 11.6. The summed E-state index contributed by atoms with van der Waals surface area (Å²) in [4.78, 5) is 17.5. The van der Waals surface area contributed by atoms with Crippen molar-refractivity contribution in [3.05, 3.63) is 29.6 Å². The predicted molar refractivity (Wildman–Crippen MR) is 104 cm³/mol. The van der Waals surface area contributed by atoms with Gasteiger partial charge in [0, 0.05) is 29.7 Å². The van der Waals surface area contributed by atoms with Crippen molar-refractivity contribution in [2.75, 3.05) is 23.3 Å². The van der Waals surface area contributed by atoms with Crippen molar-refractivity contribution in [3.63, 3.8) is 0 Å². The maximum atomic E-state index is 11.6. The molecule has 1 aliphatic rings. The number of amides is 1. The predicted octanol–water partition coefficient (Wildman–Crippen LogP) is 4.17. The van der Waals surface area contributed by atoms with Gasteiger partial charge in [-0.1, -0.05) is 35.3 Å². The number of rotatable bonds is 4. The topological polar surface area (TPSA) is 54.5 Å². The van der Waals surface area contributed by atoms with Crippen LogP contribution in [-0.2, 0) is 9.53 Å². The highest BCUT2D eigenvalue weighted by Gasteiger charge is 2.24. The van der Waals surface area contributed by atoms with Crippen LogP contribution in [0.3, 0.4) is 0 Å². The zero-order valence-corrected chi connectivity index (χ0v) is 16.2. The van der Waals surface area contributed by atoms with Crippen LogP contribution in [0.2, 0.25) is 0 Å². The number of aromatic nitrogens is 1. The Morgan fingerprint density at radius 1 is 1.36 bits per heavy atom. The van der Waals surface area contributed by atoms with Gasteiger partial charge in [-0.25, -0.2) is 4.98 Å². The average molecular weight is 400 g/mol. The van der Waals surface area contributed by atoms with E-state index in [4.69, 9.17) is 32.9 Å². The van der Waals surface area contributed by atoms with Gasteiger partial charge < -0.3 is 15.0 Å². The number of hydrogen-bond acceptors (Lipinski definition) is 5. The molecule has 2 heterocycles. The van der Waals surface area contributed by atoms with Crippen LogP contribution in [0, 0.1) is 0 Å². The van der Waals surface area contributed by atoms with Gasteiger partial charge in [-0.2, -0.15) is 0 Å². The number of thiazole rings is 1. The maximum Gasteiger partial charge on any atom is 0.257 e. The third-order valence-corrected chi connectivity index (χ3v) is 5.10. The summed E-state index contributed by atoms with van der Waals surface area (Å²) >= 11 is 12.8. The van der Waals surface area contributed by atoms with E-state index in [0.717, 1.165) is 29.5 Å². The second kappa shape index (κ2) is 7.91. The second-order valence-electron chi connectivity index (χ2n) is 6.05. The molecule has 2 unspecified atom stereocenters. The molecule has 2 aromatic rings. The summed E-state index contributed by atoms with van der Waals surface area (Å²) in [6, 6.07) is 7.46. The third-order valence-electron chi connectivity index (χ3n) is 3.81. The zero-order valence-electron chi connectivity index (χ0n) is 13.9. The Balaban J connectivity index is 1.77. The Kier molecular flexibility index (Phi) is 5.84. The minimum atomic E-state index is -1.10. The molecule has 134 valence electrons. The molecule has 0 radical (unpaired) electrons. The summed E-state index contributed by atoms with van der Waals surface area (Å²) in [5.74, 6) is -0.448. The molecule has 0 spiro atoms. The van der Waals surface area contributed by atoms with E-state index < -0.39 is 10.7 Å². The zero-order chi connectivity index (χ0) is 18.0.